The van der Waals surface area contributed by atoms with E-state index in [1.165, 1.54) is 0 Å². The number of rotatable bonds is 1. The molecule has 0 aliphatic heterocycles. The minimum absolute atomic E-state index is 0.250. The maximum Gasteiger partial charge on any atom is 0.265 e. The lowest BCUT2D eigenvalue weighted by Crippen LogP contribution is -2.10. The highest BCUT2D eigenvalue weighted by molar-refractivity contribution is 5.98. The fourth-order valence-corrected chi connectivity index (χ4v) is 1.73. The molecule has 1 aromatic heterocycles. The number of hydrogen-bond acceptors (Lipinski definition) is 1. The zero-order valence-electron chi connectivity index (χ0n) is 8.52. The van der Waals surface area contributed by atoms with Crippen LogP contribution in [0.25, 0.3) is 10.9 Å². The van der Waals surface area contributed by atoms with Crippen molar-refractivity contribution < 1.29 is 9.18 Å². The van der Waals surface area contributed by atoms with Crippen molar-refractivity contribution in [1.82, 2.24) is 4.98 Å². The molecular formula is C11H11FN2O. The summed E-state index contributed by atoms with van der Waals surface area (Å²) in [4.78, 5) is 13.8. The van der Waals surface area contributed by atoms with E-state index >= 15 is 0 Å². The van der Waals surface area contributed by atoms with Gasteiger partial charge in [0.25, 0.3) is 5.91 Å². The van der Waals surface area contributed by atoms with Crippen LogP contribution in [0, 0.1) is 19.7 Å². The van der Waals surface area contributed by atoms with Gasteiger partial charge in [0.1, 0.15) is 11.5 Å². The smallest absolute Gasteiger partial charge is 0.265 e. The molecule has 0 bridgehead atoms. The minimum atomic E-state index is -0.538. The predicted octanol–water partition coefficient (Wildman–Crippen LogP) is 2.02. The Morgan fingerprint density at radius 1 is 1.40 bits per heavy atom. The van der Waals surface area contributed by atoms with Crippen LogP contribution in [0.2, 0.25) is 0 Å². The highest BCUT2D eigenvalue weighted by Crippen LogP contribution is 2.24. The van der Waals surface area contributed by atoms with E-state index in [0.29, 0.717) is 22.3 Å². The fourth-order valence-electron chi connectivity index (χ4n) is 1.73. The van der Waals surface area contributed by atoms with Crippen molar-refractivity contribution in [3.8, 4) is 0 Å². The first kappa shape index (κ1) is 9.71. The van der Waals surface area contributed by atoms with Gasteiger partial charge in [0.15, 0.2) is 0 Å². The normalized spacial score (nSPS) is 10.9. The number of aromatic amines is 1. The van der Waals surface area contributed by atoms with Crippen LogP contribution < -0.4 is 5.73 Å². The van der Waals surface area contributed by atoms with Crippen molar-refractivity contribution in [2.45, 2.75) is 13.8 Å². The summed E-state index contributed by atoms with van der Waals surface area (Å²) < 4.78 is 13.5. The summed E-state index contributed by atoms with van der Waals surface area (Å²) >= 11 is 0. The average molecular weight is 206 g/mol. The summed E-state index contributed by atoms with van der Waals surface area (Å²) in [7, 11) is 0. The number of carbonyl (C=O) groups excluding carboxylic acids is 1. The summed E-state index contributed by atoms with van der Waals surface area (Å²) in [6, 6.07) is 3.33. The van der Waals surface area contributed by atoms with E-state index in [2.05, 4.69) is 4.98 Å². The van der Waals surface area contributed by atoms with Gasteiger partial charge in [-0.05, 0) is 31.5 Å². The van der Waals surface area contributed by atoms with Crippen LogP contribution in [0.1, 0.15) is 21.6 Å². The van der Waals surface area contributed by atoms with Crippen molar-refractivity contribution in [2.24, 2.45) is 5.73 Å². The Kier molecular flexibility index (Phi) is 2.00. The van der Waals surface area contributed by atoms with Crippen molar-refractivity contribution >= 4 is 16.8 Å². The summed E-state index contributed by atoms with van der Waals surface area (Å²) in [5.74, 6) is -0.788. The molecule has 0 fully saturated rings. The van der Waals surface area contributed by atoms with Gasteiger partial charge in [-0.2, -0.15) is 0 Å². The summed E-state index contributed by atoms with van der Waals surface area (Å²) in [6.07, 6.45) is 0. The van der Waals surface area contributed by atoms with Gasteiger partial charge >= 0.3 is 0 Å². The number of hydrogen-bond donors (Lipinski definition) is 2. The molecule has 3 nitrogen and oxygen atoms in total. The number of aryl methyl sites for hydroxylation is 2. The van der Waals surface area contributed by atoms with E-state index < -0.39 is 5.91 Å². The van der Waals surface area contributed by atoms with Crippen LogP contribution in [0.4, 0.5) is 4.39 Å². The molecule has 0 atom stereocenters. The van der Waals surface area contributed by atoms with Crippen LogP contribution in [-0.4, -0.2) is 10.9 Å². The zero-order valence-corrected chi connectivity index (χ0v) is 8.52. The number of fused-ring (bicyclic) bond motifs is 1. The zero-order chi connectivity index (χ0) is 11.2. The molecule has 78 valence electrons. The molecule has 1 heterocycles. The molecule has 4 heteroatoms. The van der Waals surface area contributed by atoms with E-state index in [1.54, 1.807) is 26.0 Å². The van der Waals surface area contributed by atoms with Gasteiger partial charge < -0.3 is 10.7 Å². The maximum absolute atomic E-state index is 13.5. The summed E-state index contributed by atoms with van der Waals surface area (Å²) in [5, 5.41) is 0.806. The lowest BCUT2D eigenvalue weighted by atomic mass is 10.1. The Hall–Kier alpha value is -1.84. The third-order valence-corrected chi connectivity index (χ3v) is 2.54. The summed E-state index contributed by atoms with van der Waals surface area (Å²) in [6.45, 7) is 3.37. The Morgan fingerprint density at radius 3 is 2.67 bits per heavy atom. The number of primary amides is 1. The molecule has 0 spiro atoms. The topological polar surface area (TPSA) is 58.9 Å². The SMILES string of the molecule is Cc1cc2cc(C(N)=O)[nH]c2c(C)c1F. The molecule has 0 aliphatic rings. The molecule has 0 aliphatic carbocycles. The second-order valence-electron chi connectivity index (χ2n) is 3.64. The van der Waals surface area contributed by atoms with Crippen LogP contribution in [0.3, 0.4) is 0 Å². The number of aromatic nitrogens is 1. The fraction of sp³-hybridized carbons (Fsp3) is 0.182. The number of halogens is 1. The van der Waals surface area contributed by atoms with Crippen LogP contribution in [0.15, 0.2) is 12.1 Å². The van der Waals surface area contributed by atoms with E-state index in [1.807, 2.05) is 0 Å². The van der Waals surface area contributed by atoms with Gasteiger partial charge in [-0.3, -0.25) is 4.79 Å². The first-order chi connectivity index (χ1) is 7.00. The Morgan fingerprint density at radius 2 is 2.07 bits per heavy atom. The molecule has 0 radical (unpaired) electrons. The molecule has 2 rings (SSSR count). The number of nitrogens with one attached hydrogen (secondary N) is 1. The van der Waals surface area contributed by atoms with E-state index in [4.69, 9.17) is 5.73 Å². The van der Waals surface area contributed by atoms with Gasteiger partial charge in [0, 0.05) is 10.9 Å². The number of carbonyl (C=O) groups is 1. The van der Waals surface area contributed by atoms with E-state index in [-0.39, 0.29) is 5.82 Å². The van der Waals surface area contributed by atoms with Crippen LogP contribution in [-0.2, 0) is 0 Å². The number of amides is 1. The highest BCUT2D eigenvalue weighted by Gasteiger charge is 2.11. The van der Waals surface area contributed by atoms with E-state index in [0.717, 1.165) is 5.39 Å². The van der Waals surface area contributed by atoms with Crippen LogP contribution in [0.5, 0.6) is 0 Å². The second kappa shape index (κ2) is 3.08. The third-order valence-electron chi connectivity index (χ3n) is 2.54. The van der Waals surface area contributed by atoms with Crippen LogP contribution >= 0.6 is 0 Å². The first-order valence-corrected chi connectivity index (χ1v) is 4.59. The monoisotopic (exact) mass is 206 g/mol. The van der Waals surface area contributed by atoms with E-state index in [9.17, 15) is 9.18 Å². The average Bonchev–Trinajstić information content (AvgIpc) is 2.58. The van der Waals surface area contributed by atoms with Crippen molar-refractivity contribution in [3.05, 3.63) is 34.8 Å². The largest absolute Gasteiger partial charge is 0.364 e. The molecular weight excluding hydrogens is 195 g/mol. The number of benzene rings is 1. The number of nitrogens with two attached hydrogens (primary N) is 1. The van der Waals surface area contributed by atoms with Gasteiger partial charge in [-0.15, -0.1) is 0 Å². The lowest BCUT2D eigenvalue weighted by Gasteiger charge is -2.01. The van der Waals surface area contributed by atoms with Crippen molar-refractivity contribution in [1.29, 1.82) is 0 Å². The highest BCUT2D eigenvalue weighted by atomic mass is 19.1. The van der Waals surface area contributed by atoms with Gasteiger partial charge in [0.05, 0.1) is 5.52 Å². The van der Waals surface area contributed by atoms with Gasteiger partial charge in [-0.25, -0.2) is 4.39 Å². The molecule has 1 amide bonds. The molecule has 0 saturated heterocycles. The second-order valence-corrected chi connectivity index (χ2v) is 3.64. The maximum atomic E-state index is 13.5. The molecule has 0 unspecified atom stereocenters. The van der Waals surface area contributed by atoms with Crippen molar-refractivity contribution in [2.75, 3.05) is 0 Å². The predicted molar refractivity (Wildman–Crippen MR) is 56.2 cm³/mol. The molecule has 3 N–H and O–H groups in total. The first-order valence-electron chi connectivity index (χ1n) is 4.59. The van der Waals surface area contributed by atoms with Gasteiger partial charge in [0.2, 0.25) is 0 Å². The minimum Gasteiger partial charge on any atom is -0.364 e. The Balaban J connectivity index is 2.82. The third kappa shape index (κ3) is 1.38. The molecule has 0 saturated carbocycles. The Bertz CT molecular complexity index is 557. The molecule has 2 aromatic rings. The lowest BCUT2D eigenvalue weighted by molar-refractivity contribution is 0.0996. The molecule has 15 heavy (non-hydrogen) atoms. The number of H-pyrrole nitrogens is 1. The van der Waals surface area contributed by atoms with Crippen molar-refractivity contribution in [3.63, 3.8) is 0 Å². The van der Waals surface area contributed by atoms with Gasteiger partial charge in [-0.1, -0.05) is 0 Å². The Labute approximate surface area is 86.1 Å². The standard InChI is InChI=1S/C11H11FN2O/c1-5-3-7-4-8(11(13)15)14-10(7)6(2)9(5)12/h3-4,14H,1-2H3,(H2,13,15). The quantitative estimate of drug-likeness (QED) is 0.736. The molecule has 1 aromatic carbocycles. The summed E-state index contributed by atoms with van der Waals surface area (Å²) in [5.41, 5.74) is 7.15.